The molecule has 0 aliphatic carbocycles. The van der Waals surface area contributed by atoms with Crippen molar-refractivity contribution in [2.45, 2.75) is 187 Å². The summed E-state index contributed by atoms with van der Waals surface area (Å²) < 4.78 is 10.2. The lowest BCUT2D eigenvalue weighted by Crippen LogP contribution is -2.25. The minimum Gasteiger partial charge on any atom is -0.463 e. The molecule has 0 amide bonds. The van der Waals surface area contributed by atoms with Crippen LogP contribution in [0.3, 0.4) is 0 Å². The summed E-state index contributed by atoms with van der Waals surface area (Å²) in [6.07, 6.45) is 36.6. The molecule has 0 fully saturated rings. The minimum atomic E-state index is -1.06. The van der Waals surface area contributed by atoms with Crippen molar-refractivity contribution in [2.24, 2.45) is 5.92 Å². The van der Waals surface area contributed by atoms with Crippen LogP contribution in [0, 0.1) is 5.92 Å². The molecule has 0 saturated heterocycles. The Morgan fingerprint density at radius 2 is 1.04 bits per heavy atom. The Kier molecular flexibility index (Phi) is 34.0. The van der Waals surface area contributed by atoms with E-state index in [9.17, 15) is 24.9 Å². The average molecular weight is 691 g/mol. The second-order valence-electron chi connectivity index (χ2n) is 13.9. The number of esters is 2. The Morgan fingerprint density at radius 1 is 0.551 bits per heavy atom. The Morgan fingerprint density at radius 3 is 1.57 bits per heavy atom. The van der Waals surface area contributed by atoms with E-state index < -0.39 is 24.3 Å². The van der Waals surface area contributed by atoms with Gasteiger partial charge in [0.15, 0.2) is 0 Å². The highest BCUT2D eigenvalue weighted by Crippen LogP contribution is 2.15. The molecule has 0 heterocycles. The van der Waals surface area contributed by atoms with Gasteiger partial charge in [-0.2, -0.15) is 0 Å². The third kappa shape index (κ3) is 36.9. The van der Waals surface area contributed by atoms with Crippen molar-refractivity contribution in [3.05, 3.63) is 48.6 Å². The van der Waals surface area contributed by atoms with E-state index in [2.05, 4.69) is 26.8 Å². The third-order valence-corrected chi connectivity index (χ3v) is 8.44. The molecular weight excluding hydrogens is 616 g/mol. The van der Waals surface area contributed by atoms with Crippen molar-refractivity contribution in [1.82, 2.24) is 0 Å². The molecular formula is C42H74O7. The maximum atomic E-state index is 12.0. The monoisotopic (exact) mass is 691 g/mol. The zero-order valence-corrected chi connectivity index (χ0v) is 31.6. The van der Waals surface area contributed by atoms with Gasteiger partial charge in [0, 0.05) is 12.8 Å². The fourth-order valence-corrected chi connectivity index (χ4v) is 5.35. The number of carbonyl (C=O) groups excluding carboxylic acids is 2. The molecule has 0 aliphatic rings. The number of ether oxygens (including phenoxy) is 2. The van der Waals surface area contributed by atoms with Gasteiger partial charge in [0.2, 0.25) is 0 Å². The molecule has 284 valence electrons. The molecule has 7 nitrogen and oxygen atoms in total. The van der Waals surface area contributed by atoms with Crippen molar-refractivity contribution in [2.75, 3.05) is 13.2 Å². The number of aliphatic hydroxyl groups is 3. The summed E-state index contributed by atoms with van der Waals surface area (Å²) >= 11 is 0. The predicted octanol–water partition coefficient (Wildman–Crippen LogP) is 10.0. The molecule has 0 saturated carbocycles. The number of unbranched alkanes of at least 4 members (excludes halogenated alkanes) is 15. The molecule has 0 aromatic carbocycles. The number of allylic oxidation sites excluding steroid dienone is 5. The van der Waals surface area contributed by atoms with Crippen LogP contribution in [0.15, 0.2) is 48.6 Å². The molecule has 0 rings (SSSR count). The van der Waals surface area contributed by atoms with Crippen LogP contribution in [0.4, 0.5) is 0 Å². The summed E-state index contributed by atoms with van der Waals surface area (Å²) in [5.74, 6) is 0.0373. The molecule has 0 radical (unpaired) electrons. The van der Waals surface area contributed by atoms with E-state index in [-0.39, 0.29) is 25.6 Å². The Hall–Kier alpha value is -2.22. The summed E-state index contributed by atoms with van der Waals surface area (Å²) in [5.41, 5.74) is 0. The maximum absolute atomic E-state index is 12.0. The Balaban J connectivity index is 3.69. The number of hydrogen-bond donors (Lipinski definition) is 3. The highest BCUT2D eigenvalue weighted by atomic mass is 16.6. The summed E-state index contributed by atoms with van der Waals surface area (Å²) in [6, 6.07) is 0. The molecule has 0 aromatic rings. The highest BCUT2D eigenvalue weighted by molar-refractivity contribution is 5.69. The van der Waals surface area contributed by atoms with Gasteiger partial charge in [-0.05, 0) is 44.4 Å². The number of hydrogen-bond acceptors (Lipinski definition) is 7. The zero-order chi connectivity index (χ0) is 36.2. The van der Waals surface area contributed by atoms with Crippen LogP contribution in [0.5, 0.6) is 0 Å². The van der Waals surface area contributed by atoms with Crippen molar-refractivity contribution in [1.29, 1.82) is 0 Å². The molecule has 0 aliphatic heterocycles. The van der Waals surface area contributed by atoms with E-state index in [1.807, 2.05) is 6.08 Å². The van der Waals surface area contributed by atoms with Gasteiger partial charge in [0.25, 0.3) is 0 Å². The van der Waals surface area contributed by atoms with Gasteiger partial charge in [-0.15, -0.1) is 0 Å². The number of carbonyl (C=O) groups is 2. The van der Waals surface area contributed by atoms with Gasteiger partial charge < -0.3 is 24.8 Å². The fourth-order valence-electron chi connectivity index (χ4n) is 5.35. The topological polar surface area (TPSA) is 113 Å². The molecule has 49 heavy (non-hydrogen) atoms. The Labute approximate surface area is 300 Å². The SMILES string of the molecule is CCCCC/C=C\C[C@@H](O)/C=C/C=C/C=C\[C@@H](O)CCCC(=O)OC[C@H](O)COC(=O)CCCCCCCCCCCCCCCC(C)C. The molecule has 0 bridgehead atoms. The average Bonchev–Trinajstić information content (AvgIpc) is 3.07. The van der Waals surface area contributed by atoms with Gasteiger partial charge in [-0.3, -0.25) is 9.59 Å². The molecule has 0 aromatic heterocycles. The first-order chi connectivity index (χ1) is 23.7. The van der Waals surface area contributed by atoms with Crippen LogP contribution in [0.1, 0.15) is 168 Å². The molecule has 3 N–H and O–H groups in total. The predicted molar refractivity (Wildman–Crippen MR) is 203 cm³/mol. The minimum absolute atomic E-state index is 0.125. The van der Waals surface area contributed by atoms with Gasteiger partial charge >= 0.3 is 11.9 Å². The standard InChI is InChI=1S/C42H74O7/c1-4-5-6-7-18-23-29-38(43)30-24-20-21-25-31-39(44)32-27-34-42(47)49-36-40(45)35-48-41(46)33-26-19-16-14-12-10-8-9-11-13-15-17-22-28-37(2)3/h18,20-21,23-25,30-31,37-40,43-45H,4-17,19,22,26-29,32-36H2,1-3H3/b21-20+,23-18-,30-24+,31-25-/t38-,39-,40-/m1/s1. The lowest BCUT2D eigenvalue weighted by Gasteiger charge is -2.12. The maximum Gasteiger partial charge on any atom is 0.305 e. The van der Waals surface area contributed by atoms with Crippen LogP contribution in [-0.4, -0.2) is 58.8 Å². The summed E-state index contributed by atoms with van der Waals surface area (Å²) in [7, 11) is 0. The fraction of sp³-hybridized carbons (Fsp3) is 0.762. The van der Waals surface area contributed by atoms with E-state index in [0.29, 0.717) is 25.7 Å². The van der Waals surface area contributed by atoms with Crippen molar-refractivity contribution < 1.29 is 34.4 Å². The van der Waals surface area contributed by atoms with Gasteiger partial charge in [0.05, 0.1) is 12.2 Å². The van der Waals surface area contributed by atoms with Gasteiger partial charge in [0.1, 0.15) is 19.3 Å². The van der Waals surface area contributed by atoms with Crippen molar-refractivity contribution >= 4 is 11.9 Å². The largest absolute Gasteiger partial charge is 0.463 e. The van der Waals surface area contributed by atoms with Crippen molar-refractivity contribution in [3.63, 3.8) is 0 Å². The lowest BCUT2D eigenvalue weighted by atomic mass is 10.0. The second kappa shape index (κ2) is 35.6. The normalized spacial score (nSPS) is 14.1. The van der Waals surface area contributed by atoms with Crippen LogP contribution < -0.4 is 0 Å². The molecule has 3 atom stereocenters. The van der Waals surface area contributed by atoms with E-state index in [4.69, 9.17) is 9.47 Å². The quantitative estimate of drug-likeness (QED) is 0.0267. The highest BCUT2D eigenvalue weighted by Gasteiger charge is 2.12. The lowest BCUT2D eigenvalue weighted by molar-refractivity contribution is -0.152. The van der Waals surface area contributed by atoms with Gasteiger partial charge in [-0.1, -0.05) is 166 Å². The molecule has 7 heteroatoms. The van der Waals surface area contributed by atoms with Gasteiger partial charge in [-0.25, -0.2) is 0 Å². The van der Waals surface area contributed by atoms with E-state index in [1.54, 1.807) is 36.5 Å². The summed E-state index contributed by atoms with van der Waals surface area (Å²) in [4.78, 5) is 23.9. The van der Waals surface area contributed by atoms with Crippen molar-refractivity contribution in [3.8, 4) is 0 Å². The summed E-state index contributed by atoms with van der Waals surface area (Å²) in [5, 5.41) is 30.0. The first-order valence-corrected chi connectivity index (χ1v) is 19.8. The number of rotatable bonds is 34. The first kappa shape index (κ1) is 46.8. The van der Waals surface area contributed by atoms with E-state index >= 15 is 0 Å². The van der Waals surface area contributed by atoms with E-state index in [1.165, 1.54) is 89.9 Å². The molecule has 0 unspecified atom stereocenters. The third-order valence-electron chi connectivity index (χ3n) is 8.44. The second-order valence-corrected chi connectivity index (χ2v) is 13.9. The first-order valence-electron chi connectivity index (χ1n) is 19.8. The van der Waals surface area contributed by atoms with Crippen LogP contribution >= 0.6 is 0 Å². The molecule has 0 spiro atoms. The smallest absolute Gasteiger partial charge is 0.305 e. The summed E-state index contributed by atoms with van der Waals surface area (Å²) in [6.45, 7) is 6.37. The Bertz CT molecular complexity index is 876. The number of aliphatic hydroxyl groups excluding tert-OH is 3. The van der Waals surface area contributed by atoms with Crippen LogP contribution in [0.2, 0.25) is 0 Å². The zero-order valence-electron chi connectivity index (χ0n) is 31.6. The van der Waals surface area contributed by atoms with E-state index in [0.717, 1.165) is 31.6 Å². The van der Waals surface area contributed by atoms with Crippen LogP contribution in [0.25, 0.3) is 0 Å². The van der Waals surface area contributed by atoms with Crippen LogP contribution in [-0.2, 0) is 19.1 Å².